The lowest BCUT2D eigenvalue weighted by molar-refractivity contribution is -0.136. The summed E-state index contributed by atoms with van der Waals surface area (Å²) in [5.74, 6) is 0.837. The molecule has 0 amide bonds. The average Bonchev–Trinajstić information content (AvgIpc) is 3.56. The first kappa shape index (κ1) is 20.5. The van der Waals surface area contributed by atoms with Gasteiger partial charge in [-0.1, -0.05) is 42.5 Å². The lowest BCUT2D eigenvalue weighted by Gasteiger charge is -2.11. The van der Waals surface area contributed by atoms with Gasteiger partial charge in [-0.3, -0.25) is 4.79 Å². The minimum atomic E-state index is -0.799. The van der Waals surface area contributed by atoms with Crippen LogP contribution in [0, 0.1) is 0 Å². The van der Waals surface area contributed by atoms with E-state index in [1.54, 1.807) is 0 Å². The van der Waals surface area contributed by atoms with E-state index >= 15 is 0 Å². The van der Waals surface area contributed by atoms with Crippen LogP contribution in [-0.2, 0) is 30.6 Å². The number of furan rings is 1. The fraction of sp³-hybridized carbons (Fsp3) is 0.250. The lowest BCUT2D eigenvalue weighted by atomic mass is 9.94. The Bertz CT molecular complexity index is 1280. The maximum Gasteiger partial charge on any atom is 0.307 e. The Labute approximate surface area is 187 Å². The topological polar surface area (TPSA) is 76.5 Å². The van der Waals surface area contributed by atoms with E-state index in [1.807, 2.05) is 36.4 Å². The molecule has 1 aliphatic carbocycles. The summed E-state index contributed by atoms with van der Waals surface area (Å²) in [5.41, 5.74) is 13.3. The second-order valence-corrected chi connectivity index (χ2v) is 8.73. The number of fused-ring (bicyclic) bond motifs is 1. The summed E-state index contributed by atoms with van der Waals surface area (Å²) in [6.45, 7) is 0.502. The van der Waals surface area contributed by atoms with Crippen molar-refractivity contribution in [2.45, 2.75) is 44.6 Å². The predicted molar refractivity (Wildman–Crippen MR) is 127 cm³/mol. The number of benzene rings is 3. The van der Waals surface area contributed by atoms with E-state index in [-0.39, 0.29) is 6.42 Å². The van der Waals surface area contributed by atoms with Gasteiger partial charge in [0.1, 0.15) is 11.3 Å². The quantitative estimate of drug-likeness (QED) is 0.371. The molecule has 3 aromatic carbocycles. The van der Waals surface area contributed by atoms with Crippen LogP contribution in [0.1, 0.15) is 46.8 Å². The van der Waals surface area contributed by atoms with Crippen LogP contribution in [0.15, 0.2) is 71.1 Å². The fourth-order valence-electron chi connectivity index (χ4n) is 4.44. The summed E-state index contributed by atoms with van der Waals surface area (Å²) in [4.78, 5) is 11.2. The van der Waals surface area contributed by atoms with Gasteiger partial charge >= 0.3 is 5.97 Å². The molecule has 0 spiro atoms. The molecule has 0 unspecified atom stereocenters. The standard InChI is InChI=1S/C28H27NO3/c29-17-19-4-3-7-23(13-19)25-14-18(12-24-15-26(21-10-11-21)32-28(24)25)8-9-20-5-1-2-6-22(20)16-27(30)31/h1-7,12-15,21H,8-11,16-17,29H2,(H,30,31). The number of aliphatic carboxylic acids is 1. The zero-order valence-electron chi connectivity index (χ0n) is 18.0. The van der Waals surface area contributed by atoms with Gasteiger partial charge in [-0.2, -0.15) is 0 Å². The molecule has 4 aromatic rings. The molecule has 0 bridgehead atoms. The first-order valence-electron chi connectivity index (χ1n) is 11.2. The molecule has 0 aliphatic heterocycles. The summed E-state index contributed by atoms with van der Waals surface area (Å²) >= 11 is 0. The fourth-order valence-corrected chi connectivity index (χ4v) is 4.44. The summed E-state index contributed by atoms with van der Waals surface area (Å²) in [7, 11) is 0. The van der Waals surface area contributed by atoms with Gasteiger partial charge in [0, 0.05) is 23.4 Å². The number of hydrogen-bond donors (Lipinski definition) is 2. The zero-order valence-corrected chi connectivity index (χ0v) is 18.0. The Balaban J connectivity index is 1.52. The first-order valence-corrected chi connectivity index (χ1v) is 11.2. The molecule has 4 nitrogen and oxygen atoms in total. The number of hydrogen-bond acceptors (Lipinski definition) is 3. The van der Waals surface area contributed by atoms with Gasteiger partial charge in [0.2, 0.25) is 0 Å². The third-order valence-corrected chi connectivity index (χ3v) is 6.29. The normalized spacial score (nSPS) is 13.5. The summed E-state index contributed by atoms with van der Waals surface area (Å²) < 4.78 is 6.34. The molecule has 4 heteroatoms. The van der Waals surface area contributed by atoms with Gasteiger partial charge in [-0.15, -0.1) is 0 Å². The molecular weight excluding hydrogens is 398 g/mol. The molecule has 1 fully saturated rings. The maximum atomic E-state index is 11.2. The van der Waals surface area contributed by atoms with Crippen molar-refractivity contribution in [3.05, 3.63) is 94.7 Å². The molecule has 0 radical (unpaired) electrons. The molecule has 5 rings (SSSR count). The largest absolute Gasteiger partial charge is 0.481 e. The van der Waals surface area contributed by atoms with Crippen LogP contribution in [0.25, 0.3) is 22.1 Å². The highest BCUT2D eigenvalue weighted by Gasteiger charge is 2.28. The van der Waals surface area contributed by atoms with Crippen LogP contribution < -0.4 is 5.73 Å². The molecule has 0 atom stereocenters. The third-order valence-electron chi connectivity index (χ3n) is 6.29. The molecule has 32 heavy (non-hydrogen) atoms. The van der Waals surface area contributed by atoms with Crippen molar-refractivity contribution in [2.75, 3.05) is 0 Å². The minimum Gasteiger partial charge on any atom is -0.481 e. The van der Waals surface area contributed by atoms with E-state index in [2.05, 4.69) is 30.3 Å². The summed E-state index contributed by atoms with van der Waals surface area (Å²) in [6.07, 6.45) is 4.08. The smallest absolute Gasteiger partial charge is 0.307 e. The minimum absolute atomic E-state index is 0.0544. The van der Waals surface area contributed by atoms with Gasteiger partial charge in [0.05, 0.1) is 6.42 Å². The number of carboxylic acids is 1. The molecule has 3 N–H and O–H groups in total. The number of aryl methyl sites for hydroxylation is 2. The van der Waals surface area contributed by atoms with Gasteiger partial charge < -0.3 is 15.3 Å². The van der Waals surface area contributed by atoms with Gasteiger partial charge in [0.25, 0.3) is 0 Å². The Morgan fingerprint density at radius 3 is 2.50 bits per heavy atom. The predicted octanol–water partition coefficient (Wildman–Crippen LogP) is 5.85. The second kappa shape index (κ2) is 8.64. The van der Waals surface area contributed by atoms with Crippen molar-refractivity contribution in [3.8, 4) is 11.1 Å². The lowest BCUT2D eigenvalue weighted by Crippen LogP contribution is -2.04. The van der Waals surface area contributed by atoms with Crippen molar-refractivity contribution in [2.24, 2.45) is 5.73 Å². The Morgan fingerprint density at radius 2 is 1.75 bits per heavy atom. The van der Waals surface area contributed by atoms with Crippen LogP contribution in [0.2, 0.25) is 0 Å². The Hall–Kier alpha value is -3.37. The van der Waals surface area contributed by atoms with Crippen LogP contribution in [-0.4, -0.2) is 11.1 Å². The van der Waals surface area contributed by atoms with E-state index < -0.39 is 5.97 Å². The summed E-state index contributed by atoms with van der Waals surface area (Å²) in [6, 6.07) is 22.8. The number of carboxylic acid groups (broad SMARTS) is 1. The van der Waals surface area contributed by atoms with E-state index in [4.69, 9.17) is 10.2 Å². The van der Waals surface area contributed by atoms with Crippen molar-refractivity contribution in [3.63, 3.8) is 0 Å². The molecule has 1 heterocycles. The second-order valence-electron chi connectivity index (χ2n) is 8.73. The first-order chi connectivity index (χ1) is 15.6. The van der Waals surface area contributed by atoms with Crippen molar-refractivity contribution >= 4 is 16.9 Å². The van der Waals surface area contributed by atoms with Crippen LogP contribution in [0.3, 0.4) is 0 Å². The zero-order chi connectivity index (χ0) is 22.1. The summed E-state index contributed by atoms with van der Waals surface area (Å²) in [5, 5.41) is 10.4. The van der Waals surface area contributed by atoms with E-state index in [0.717, 1.165) is 57.4 Å². The Kier molecular flexibility index (Phi) is 5.54. The molecule has 0 saturated heterocycles. The van der Waals surface area contributed by atoms with Gasteiger partial charge in [-0.05, 0) is 77.8 Å². The van der Waals surface area contributed by atoms with Crippen molar-refractivity contribution < 1.29 is 14.3 Å². The Morgan fingerprint density at radius 1 is 0.938 bits per heavy atom. The van der Waals surface area contributed by atoms with Crippen LogP contribution in [0.4, 0.5) is 0 Å². The molecule has 1 saturated carbocycles. The van der Waals surface area contributed by atoms with Crippen LogP contribution >= 0.6 is 0 Å². The molecule has 1 aliphatic rings. The molecule has 162 valence electrons. The molecule has 1 aromatic heterocycles. The van der Waals surface area contributed by atoms with Crippen molar-refractivity contribution in [1.29, 1.82) is 0 Å². The van der Waals surface area contributed by atoms with E-state index in [0.29, 0.717) is 12.5 Å². The number of nitrogens with two attached hydrogens (primary N) is 1. The van der Waals surface area contributed by atoms with E-state index in [9.17, 15) is 9.90 Å². The highest BCUT2D eigenvalue weighted by molar-refractivity contribution is 5.94. The number of rotatable bonds is 8. The van der Waals surface area contributed by atoms with Crippen LogP contribution in [0.5, 0.6) is 0 Å². The highest BCUT2D eigenvalue weighted by Crippen LogP contribution is 2.44. The molecular formula is C28H27NO3. The van der Waals surface area contributed by atoms with Crippen molar-refractivity contribution in [1.82, 2.24) is 0 Å². The monoisotopic (exact) mass is 425 g/mol. The highest BCUT2D eigenvalue weighted by atomic mass is 16.4. The van der Waals surface area contributed by atoms with Gasteiger partial charge in [-0.25, -0.2) is 0 Å². The SMILES string of the molecule is NCc1cccc(-c2cc(CCc3ccccc3CC(=O)O)cc3cc(C4CC4)oc23)c1. The van der Waals surface area contributed by atoms with Gasteiger partial charge in [0.15, 0.2) is 0 Å². The number of carbonyl (C=O) groups is 1. The van der Waals surface area contributed by atoms with E-state index in [1.165, 1.54) is 18.4 Å². The average molecular weight is 426 g/mol. The third kappa shape index (κ3) is 4.32. The maximum absolute atomic E-state index is 11.2.